The van der Waals surface area contributed by atoms with Gasteiger partial charge in [-0.15, -0.1) is 0 Å². The fourth-order valence-electron chi connectivity index (χ4n) is 3.50. The number of nitrogens with two attached hydrogens (primary N) is 1. The molecule has 23 heavy (non-hydrogen) atoms. The molecule has 1 fully saturated rings. The maximum atomic E-state index is 13.4. The first-order chi connectivity index (χ1) is 10.9. The Morgan fingerprint density at radius 2 is 2.30 bits per heavy atom. The number of rotatable bonds is 6. The number of imidazole rings is 1. The number of nitrogens with zero attached hydrogens (tertiary/aromatic N) is 2. The number of halogens is 1. The first kappa shape index (κ1) is 15.7. The van der Waals surface area contributed by atoms with Crippen molar-refractivity contribution < 1.29 is 14.3 Å². The van der Waals surface area contributed by atoms with Gasteiger partial charge in [0.05, 0.1) is 12.0 Å². The molecule has 1 heterocycles. The van der Waals surface area contributed by atoms with Gasteiger partial charge in [0.15, 0.2) is 0 Å². The minimum atomic E-state index is -0.971. The molecule has 1 aromatic heterocycles. The van der Waals surface area contributed by atoms with Crippen LogP contribution < -0.4 is 5.73 Å². The molecule has 3 rings (SSSR count). The van der Waals surface area contributed by atoms with Gasteiger partial charge in [0.2, 0.25) is 0 Å². The second-order valence-corrected chi connectivity index (χ2v) is 6.49. The molecule has 0 aliphatic heterocycles. The van der Waals surface area contributed by atoms with Gasteiger partial charge in [0.25, 0.3) is 0 Å². The summed E-state index contributed by atoms with van der Waals surface area (Å²) in [4.78, 5) is 16.2. The van der Waals surface area contributed by atoms with Crippen LogP contribution in [0, 0.1) is 11.2 Å². The predicted molar refractivity (Wildman–Crippen MR) is 83.8 cm³/mol. The van der Waals surface area contributed by atoms with Crippen LogP contribution in [-0.2, 0) is 10.2 Å². The summed E-state index contributed by atoms with van der Waals surface area (Å²) in [7, 11) is 0. The summed E-state index contributed by atoms with van der Waals surface area (Å²) in [5.74, 6) is -1.20. The summed E-state index contributed by atoms with van der Waals surface area (Å²) in [6.07, 6.45) is 5.32. The van der Waals surface area contributed by atoms with Gasteiger partial charge < -0.3 is 15.4 Å². The Morgan fingerprint density at radius 1 is 1.52 bits per heavy atom. The second kappa shape index (κ2) is 5.45. The molecule has 0 saturated heterocycles. The average Bonchev–Trinajstić information content (AvgIpc) is 2.91. The fraction of sp³-hybridized carbons (Fsp3) is 0.412. The lowest BCUT2D eigenvalue weighted by atomic mass is 9.88. The van der Waals surface area contributed by atoms with E-state index in [2.05, 4.69) is 4.98 Å². The van der Waals surface area contributed by atoms with Gasteiger partial charge in [-0.2, -0.15) is 0 Å². The highest BCUT2D eigenvalue weighted by atomic mass is 19.1. The minimum Gasteiger partial charge on any atom is -0.481 e. The highest BCUT2D eigenvalue weighted by Gasteiger charge is 2.71. The van der Waals surface area contributed by atoms with Crippen LogP contribution in [0.2, 0.25) is 0 Å². The lowest BCUT2D eigenvalue weighted by molar-refractivity contribution is -0.141. The SMILES string of the molecule is CC1(CCCN)CC1(C(=O)O)c1cn(-c2cccc(F)c2)cn1. The Bertz CT molecular complexity index is 745. The highest BCUT2D eigenvalue weighted by molar-refractivity contribution is 5.86. The Hall–Kier alpha value is -2.21. The zero-order valence-corrected chi connectivity index (χ0v) is 13.0. The Morgan fingerprint density at radius 3 is 2.96 bits per heavy atom. The fourth-order valence-corrected chi connectivity index (χ4v) is 3.50. The van der Waals surface area contributed by atoms with Crippen molar-refractivity contribution in [2.45, 2.75) is 31.6 Å². The Balaban J connectivity index is 1.94. The quantitative estimate of drug-likeness (QED) is 0.857. The summed E-state index contributed by atoms with van der Waals surface area (Å²) < 4.78 is 15.0. The van der Waals surface area contributed by atoms with Gasteiger partial charge in [-0.3, -0.25) is 4.79 Å². The van der Waals surface area contributed by atoms with Crippen LogP contribution in [0.3, 0.4) is 0 Å². The third kappa shape index (κ3) is 2.43. The summed E-state index contributed by atoms with van der Waals surface area (Å²) in [6, 6.07) is 6.12. The molecular weight excluding hydrogens is 297 g/mol. The largest absolute Gasteiger partial charge is 0.481 e. The van der Waals surface area contributed by atoms with Gasteiger partial charge in [0, 0.05) is 11.9 Å². The van der Waals surface area contributed by atoms with Crippen LogP contribution >= 0.6 is 0 Å². The normalized spacial score (nSPS) is 26.2. The Labute approximate surface area is 134 Å². The third-order valence-corrected chi connectivity index (χ3v) is 4.98. The molecule has 0 amide bonds. The smallest absolute Gasteiger partial charge is 0.316 e. The molecule has 1 aliphatic carbocycles. The number of hydrogen-bond donors (Lipinski definition) is 2. The van der Waals surface area contributed by atoms with E-state index in [-0.39, 0.29) is 11.2 Å². The van der Waals surface area contributed by atoms with Crippen LogP contribution in [0.4, 0.5) is 4.39 Å². The Kier molecular flexibility index (Phi) is 3.72. The second-order valence-electron chi connectivity index (χ2n) is 6.49. The molecule has 2 aromatic rings. The van der Waals surface area contributed by atoms with Gasteiger partial charge >= 0.3 is 5.97 Å². The van der Waals surface area contributed by atoms with E-state index in [1.165, 1.54) is 18.5 Å². The van der Waals surface area contributed by atoms with Crippen LogP contribution in [0.5, 0.6) is 0 Å². The maximum absolute atomic E-state index is 13.4. The number of carbonyl (C=O) groups is 1. The van der Waals surface area contributed by atoms with E-state index >= 15 is 0 Å². The van der Waals surface area contributed by atoms with E-state index in [0.29, 0.717) is 24.3 Å². The zero-order chi connectivity index (χ0) is 16.7. The molecule has 2 atom stereocenters. The molecular formula is C17H20FN3O2. The predicted octanol–water partition coefficient (Wildman–Crippen LogP) is 2.48. The molecule has 5 nitrogen and oxygen atoms in total. The number of carboxylic acids is 1. The van der Waals surface area contributed by atoms with Crippen molar-refractivity contribution >= 4 is 5.97 Å². The first-order valence-electron chi connectivity index (χ1n) is 7.67. The van der Waals surface area contributed by atoms with Gasteiger partial charge in [-0.25, -0.2) is 9.37 Å². The molecule has 0 spiro atoms. The summed E-state index contributed by atoms with van der Waals surface area (Å²) in [5, 5.41) is 9.78. The minimum absolute atomic E-state index is 0.334. The lowest BCUT2D eigenvalue weighted by Crippen LogP contribution is -2.27. The van der Waals surface area contributed by atoms with Gasteiger partial charge in [-0.05, 0) is 49.4 Å². The number of aliphatic carboxylic acids is 1. The van der Waals surface area contributed by atoms with Crippen LogP contribution in [0.15, 0.2) is 36.8 Å². The van der Waals surface area contributed by atoms with E-state index in [9.17, 15) is 14.3 Å². The number of hydrogen-bond acceptors (Lipinski definition) is 3. The van der Waals surface area contributed by atoms with Crippen LogP contribution in [0.25, 0.3) is 5.69 Å². The van der Waals surface area contributed by atoms with E-state index in [1.54, 1.807) is 22.9 Å². The molecule has 1 saturated carbocycles. The molecule has 6 heteroatoms. The van der Waals surface area contributed by atoms with Crippen molar-refractivity contribution in [1.82, 2.24) is 9.55 Å². The molecule has 2 unspecified atom stereocenters. The number of benzene rings is 1. The van der Waals surface area contributed by atoms with Gasteiger partial charge in [0.1, 0.15) is 11.2 Å². The van der Waals surface area contributed by atoms with Crippen LogP contribution in [0.1, 0.15) is 31.9 Å². The van der Waals surface area contributed by atoms with E-state index in [0.717, 1.165) is 12.8 Å². The molecule has 122 valence electrons. The topological polar surface area (TPSA) is 81.1 Å². The summed E-state index contributed by atoms with van der Waals surface area (Å²) in [6.45, 7) is 2.51. The van der Waals surface area contributed by atoms with E-state index in [1.807, 2.05) is 6.92 Å². The van der Waals surface area contributed by atoms with Crippen molar-refractivity contribution in [3.63, 3.8) is 0 Å². The summed E-state index contributed by atoms with van der Waals surface area (Å²) >= 11 is 0. The van der Waals surface area contributed by atoms with Crippen molar-refractivity contribution in [2.24, 2.45) is 11.1 Å². The molecule has 0 radical (unpaired) electrons. The molecule has 1 aromatic carbocycles. The molecule has 0 bridgehead atoms. The standard InChI is InChI=1S/C17H20FN3O2/c1-16(6-3-7-19)10-17(16,15(22)23)14-9-21(11-20-14)13-5-2-4-12(18)8-13/h2,4-5,8-9,11H,3,6-7,10,19H2,1H3,(H,22,23). The maximum Gasteiger partial charge on any atom is 0.316 e. The van der Waals surface area contributed by atoms with Crippen molar-refractivity contribution in [3.8, 4) is 5.69 Å². The average molecular weight is 317 g/mol. The van der Waals surface area contributed by atoms with Crippen molar-refractivity contribution in [2.75, 3.05) is 6.54 Å². The first-order valence-corrected chi connectivity index (χ1v) is 7.67. The monoisotopic (exact) mass is 317 g/mol. The van der Waals surface area contributed by atoms with Gasteiger partial charge in [-0.1, -0.05) is 13.0 Å². The van der Waals surface area contributed by atoms with Crippen molar-refractivity contribution in [1.29, 1.82) is 0 Å². The lowest BCUT2D eigenvalue weighted by Gasteiger charge is -2.17. The third-order valence-electron chi connectivity index (χ3n) is 4.98. The molecule has 3 N–H and O–H groups in total. The number of aromatic nitrogens is 2. The van der Waals surface area contributed by atoms with Crippen LogP contribution in [-0.4, -0.2) is 27.2 Å². The van der Waals surface area contributed by atoms with Crippen molar-refractivity contribution in [3.05, 3.63) is 48.3 Å². The molecule has 1 aliphatic rings. The zero-order valence-electron chi connectivity index (χ0n) is 13.0. The highest BCUT2D eigenvalue weighted by Crippen LogP contribution is 2.66. The number of carboxylic acid groups (broad SMARTS) is 1. The summed E-state index contributed by atoms with van der Waals surface area (Å²) in [5.41, 5.74) is 5.39. The van der Waals surface area contributed by atoms with E-state index < -0.39 is 11.4 Å². The van der Waals surface area contributed by atoms with E-state index in [4.69, 9.17) is 5.73 Å².